The van der Waals surface area contributed by atoms with Crippen LogP contribution in [0, 0.1) is 0 Å². The molecule has 3 N–H and O–H groups in total. The number of carbonyl (C=O) groups is 2. The van der Waals surface area contributed by atoms with Crippen LogP contribution in [0.3, 0.4) is 0 Å². The maximum absolute atomic E-state index is 12.7. The maximum atomic E-state index is 12.7. The zero-order valence-corrected chi connectivity index (χ0v) is 18.9. The van der Waals surface area contributed by atoms with Gasteiger partial charge >= 0.3 is 11.7 Å². The van der Waals surface area contributed by atoms with Crippen molar-refractivity contribution < 1.29 is 23.1 Å². The number of alkyl halides is 2. The van der Waals surface area contributed by atoms with E-state index in [4.69, 9.17) is 10.5 Å². The van der Waals surface area contributed by atoms with Crippen LogP contribution in [0.15, 0.2) is 63.0 Å². The van der Waals surface area contributed by atoms with Crippen molar-refractivity contribution in [1.29, 1.82) is 0 Å². The van der Waals surface area contributed by atoms with E-state index in [9.17, 15) is 28.0 Å². The quantitative estimate of drug-likeness (QED) is 0.281. The van der Waals surface area contributed by atoms with Crippen LogP contribution in [0.1, 0.15) is 20.7 Å². The topological polar surface area (TPSA) is 125 Å². The predicted molar refractivity (Wildman–Crippen MR) is 124 cm³/mol. The molecule has 0 unspecified atom stereocenters. The summed E-state index contributed by atoms with van der Waals surface area (Å²) in [5.41, 5.74) is 4.70. The van der Waals surface area contributed by atoms with E-state index in [1.807, 2.05) is 0 Å². The van der Waals surface area contributed by atoms with Crippen LogP contribution in [0.2, 0.25) is 0 Å². The molecule has 12 heteroatoms. The largest absolute Gasteiger partial charge is 0.454 e. The number of anilines is 3. The third-order valence-corrected chi connectivity index (χ3v) is 5.55. The maximum Gasteiger partial charge on any atom is 0.340 e. The van der Waals surface area contributed by atoms with E-state index in [0.29, 0.717) is 28.0 Å². The Bertz CT molecular complexity index is 1350. The second kappa shape index (κ2) is 10.3. The molecular formula is C22H20F2N4O5S. The molecule has 0 saturated heterocycles. The third kappa shape index (κ3) is 5.34. The highest BCUT2D eigenvalue weighted by molar-refractivity contribution is 7.99. The van der Waals surface area contributed by atoms with E-state index < -0.39 is 40.9 Å². The van der Waals surface area contributed by atoms with Crippen LogP contribution >= 0.6 is 11.8 Å². The molecule has 0 atom stereocenters. The summed E-state index contributed by atoms with van der Waals surface area (Å²) in [6.07, 6.45) is 0. The van der Waals surface area contributed by atoms with Crippen molar-refractivity contribution in [3.05, 3.63) is 80.5 Å². The van der Waals surface area contributed by atoms with E-state index in [1.165, 1.54) is 32.3 Å². The number of nitrogens with two attached hydrogens (primary N) is 1. The van der Waals surface area contributed by atoms with E-state index in [-0.39, 0.29) is 11.4 Å². The first-order valence-corrected chi connectivity index (χ1v) is 10.6. The molecule has 0 aliphatic heterocycles. The molecule has 0 fully saturated rings. The van der Waals surface area contributed by atoms with Gasteiger partial charge in [0.2, 0.25) is 5.78 Å². The number of halogens is 2. The smallest absolute Gasteiger partial charge is 0.340 e. The highest BCUT2D eigenvalue weighted by Crippen LogP contribution is 2.28. The molecule has 0 amide bonds. The molecule has 0 spiro atoms. The van der Waals surface area contributed by atoms with E-state index in [1.54, 1.807) is 30.3 Å². The minimum atomic E-state index is -2.53. The Labute approximate surface area is 196 Å². The molecule has 178 valence electrons. The lowest BCUT2D eigenvalue weighted by atomic mass is 10.1. The SMILES string of the molecule is Cn1c(N)c(C(=O)COC(=O)c2ccccc2Nc2ccc(SC(F)F)cc2)c(=O)n(C)c1=O. The minimum Gasteiger partial charge on any atom is -0.454 e. The monoisotopic (exact) mass is 490 g/mol. The number of benzene rings is 2. The first kappa shape index (κ1) is 24.7. The number of hydrogen-bond acceptors (Lipinski definition) is 8. The summed E-state index contributed by atoms with van der Waals surface area (Å²) in [7, 11) is 2.51. The average molecular weight is 490 g/mol. The van der Waals surface area contributed by atoms with Gasteiger partial charge < -0.3 is 15.8 Å². The second-order valence-electron chi connectivity index (χ2n) is 7.04. The lowest BCUT2D eigenvalue weighted by Gasteiger charge is -2.13. The van der Waals surface area contributed by atoms with Crippen LogP contribution in [0.5, 0.6) is 0 Å². The lowest BCUT2D eigenvalue weighted by Crippen LogP contribution is -2.42. The van der Waals surface area contributed by atoms with Gasteiger partial charge in [0, 0.05) is 24.7 Å². The number of Topliss-reactive ketones (excluding diaryl/α,β-unsaturated/α-hetero) is 1. The molecule has 3 aromatic rings. The number of hydrogen-bond donors (Lipinski definition) is 2. The molecule has 34 heavy (non-hydrogen) atoms. The summed E-state index contributed by atoms with van der Waals surface area (Å²) in [6.45, 7) is -0.773. The molecule has 0 saturated carbocycles. The zero-order chi connectivity index (χ0) is 25.0. The number of ether oxygens (including phenoxy) is 1. The van der Waals surface area contributed by atoms with Crippen LogP contribution < -0.4 is 22.3 Å². The number of ketones is 1. The normalized spacial score (nSPS) is 10.9. The number of carbonyl (C=O) groups excluding carboxylic acids is 2. The number of aromatic nitrogens is 2. The van der Waals surface area contributed by atoms with Gasteiger partial charge in [-0.15, -0.1) is 0 Å². The summed E-state index contributed by atoms with van der Waals surface area (Å²) in [6, 6.07) is 12.5. The van der Waals surface area contributed by atoms with Crippen molar-refractivity contribution in [3.63, 3.8) is 0 Å². The Balaban J connectivity index is 1.75. The van der Waals surface area contributed by atoms with Crippen LogP contribution in [-0.2, 0) is 18.8 Å². The molecule has 0 aliphatic carbocycles. The summed E-state index contributed by atoms with van der Waals surface area (Å²) in [4.78, 5) is 49.8. The van der Waals surface area contributed by atoms with Crippen LogP contribution in [0.25, 0.3) is 0 Å². The number of thioether (sulfide) groups is 1. The Morgan fingerprint density at radius 1 is 1.06 bits per heavy atom. The first-order chi connectivity index (χ1) is 16.1. The van der Waals surface area contributed by atoms with Crippen LogP contribution in [-0.4, -0.2) is 33.3 Å². The number of para-hydroxylation sites is 1. The molecular weight excluding hydrogens is 470 g/mol. The number of nitrogens with one attached hydrogen (secondary N) is 1. The fourth-order valence-electron chi connectivity index (χ4n) is 3.05. The van der Waals surface area contributed by atoms with Gasteiger partial charge in [-0.05, 0) is 36.4 Å². The van der Waals surface area contributed by atoms with Crippen molar-refractivity contribution >= 4 is 40.7 Å². The fraction of sp³-hybridized carbons (Fsp3) is 0.182. The van der Waals surface area contributed by atoms with Crippen LogP contribution in [0.4, 0.5) is 26.0 Å². The van der Waals surface area contributed by atoms with Gasteiger partial charge in [0.1, 0.15) is 11.4 Å². The number of nitrogen functional groups attached to an aromatic ring is 1. The number of nitrogens with zero attached hydrogens (tertiary/aromatic N) is 2. The number of rotatable bonds is 8. The molecule has 9 nitrogen and oxygen atoms in total. The Morgan fingerprint density at radius 2 is 1.71 bits per heavy atom. The number of esters is 1. The Kier molecular flexibility index (Phi) is 7.51. The van der Waals surface area contributed by atoms with Gasteiger partial charge in [-0.1, -0.05) is 23.9 Å². The Hall–Kier alpha value is -3.93. The molecule has 2 aromatic carbocycles. The molecule has 1 aromatic heterocycles. The summed E-state index contributed by atoms with van der Waals surface area (Å²) < 4.78 is 31.7. The van der Waals surface area contributed by atoms with Crippen molar-refractivity contribution in [1.82, 2.24) is 9.13 Å². The lowest BCUT2D eigenvalue weighted by molar-refractivity contribution is 0.0475. The average Bonchev–Trinajstić information content (AvgIpc) is 2.81. The van der Waals surface area contributed by atoms with E-state index in [2.05, 4.69) is 5.32 Å². The summed E-state index contributed by atoms with van der Waals surface area (Å²) in [5.74, 6) is -4.57. The molecule has 0 bridgehead atoms. The minimum absolute atomic E-state index is 0.0997. The highest BCUT2D eigenvalue weighted by atomic mass is 32.2. The van der Waals surface area contributed by atoms with Crippen molar-refractivity contribution in [2.45, 2.75) is 10.7 Å². The third-order valence-electron chi connectivity index (χ3n) is 4.83. The van der Waals surface area contributed by atoms with Gasteiger partial charge in [0.05, 0.1) is 11.3 Å². The van der Waals surface area contributed by atoms with Gasteiger partial charge in [0.25, 0.3) is 11.3 Å². The van der Waals surface area contributed by atoms with Gasteiger partial charge in [0.15, 0.2) is 6.61 Å². The molecule has 0 radical (unpaired) electrons. The van der Waals surface area contributed by atoms with Crippen molar-refractivity contribution in [3.8, 4) is 0 Å². The second-order valence-corrected chi connectivity index (χ2v) is 8.10. The van der Waals surface area contributed by atoms with E-state index in [0.717, 1.165) is 9.13 Å². The zero-order valence-electron chi connectivity index (χ0n) is 18.1. The fourth-order valence-corrected chi connectivity index (χ4v) is 3.55. The highest BCUT2D eigenvalue weighted by Gasteiger charge is 2.22. The summed E-state index contributed by atoms with van der Waals surface area (Å²) >= 11 is 0.415. The van der Waals surface area contributed by atoms with Gasteiger partial charge in [-0.3, -0.25) is 18.7 Å². The van der Waals surface area contributed by atoms with Gasteiger partial charge in [-0.2, -0.15) is 8.78 Å². The van der Waals surface area contributed by atoms with Crippen molar-refractivity contribution in [2.24, 2.45) is 14.1 Å². The molecule has 3 rings (SSSR count). The predicted octanol–water partition coefficient (Wildman–Crippen LogP) is 2.76. The van der Waals surface area contributed by atoms with Crippen molar-refractivity contribution in [2.75, 3.05) is 17.7 Å². The Morgan fingerprint density at radius 3 is 2.35 bits per heavy atom. The standard InChI is InChI=1S/C22H20F2N4O5S/c1-27-18(25)17(19(30)28(2)22(27)32)16(29)11-33-20(31)14-5-3-4-6-15(14)26-12-7-9-13(10-8-12)34-21(23)24/h3-10,21,26H,11,25H2,1-2H3. The van der Waals surface area contributed by atoms with E-state index >= 15 is 0 Å². The molecule has 1 heterocycles. The first-order valence-electron chi connectivity index (χ1n) is 9.77. The summed E-state index contributed by atoms with van der Waals surface area (Å²) in [5, 5.41) is 3.00. The van der Waals surface area contributed by atoms with Gasteiger partial charge in [-0.25, -0.2) is 9.59 Å². The molecule has 0 aliphatic rings.